The Morgan fingerprint density at radius 3 is 2.05 bits per heavy atom. The molecule has 0 unspecified atom stereocenters. The third-order valence-electron chi connectivity index (χ3n) is 3.03. The van der Waals surface area contributed by atoms with Crippen molar-refractivity contribution < 1.29 is 18.3 Å². The molecular weight excluding hydrogens is 274 g/mol. The predicted octanol–water partition coefficient (Wildman–Crippen LogP) is 4.56. The monoisotopic (exact) mass is 300 g/mol. The number of ether oxygens (including phenoxy) is 2. The first-order valence-corrected chi connectivity index (χ1v) is 7.27. The van der Waals surface area contributed by atoms with Crippen LogP contribution in [-0.2, 0) is 21.5 Å². The van der Waals surface area contributed by atoms with Crippen LogP contribution in [0.4, 0.5) is 8.78 Å². The van der Waals surface area contributed by atoms with E-state index in [1.54, 1.807) is 13.8 Å². The van der Waals surface area contributed by atoms with E-state index in [4.69, 9.17) is 9.47 Å². The molecular formula is C17H26F2O2. The highest BCUT2D eigenvalue weighted by Gasteiger charge is 2.30. The Kier molecular flexibility index (Phi) is 6.29. The van der Waals surface area contributed by atoms with Gasteiger partial charge in [-0.1, -0.05) is 45.0 Å². The Labute approximate surface area is 126 Å². The van der Waals surface area contributed by atoms with Gasteiger partial charge in [0.1, 0.15) is 13.2 Å². The van der Waals surface area contributed by atoms with E-state index in [-0.39, 0.29) is 18.1 Å². The van der Waals surface area contributed by atoms with Crippen LogP contribution < -0.4 is 0 Å². The van der Waals surface area contributed by atoms with Gasteiger partial charge in [-0.15, -0.1) is 0 Å². The number of benzene rings is 1. The molecule has 120 valence electrons. The summed E-state index contributed by atoms with van der Waals surface area (Å²) < 4.78 is 37.0. The summed E-state index contributed by atoms with van der Waals surface area (Å²) in [5.41, 5.74) is 2.19. The fourth-order valence-corrected chi connectivity index (χ4v) is 1.75. The van der Waals surface area contributed by atoms with Gasteiger partial charge in [0.25, 0.3) is 5.92 Å². The van der Waals surface area contributed by atoms with Crippen molar-refractivity contribution in [3.05, 3.63) is 35.4 Å². The van der Waals surface area contributed by atoms with Gasteiger partial charge in [0.05, 0.1) is 12.7 Å². The molecule has 0 aliphatic carbocycles. The molecule has 0 aromatic heterocycles. The van der Waals surface area contributed by atoms with Crippen LogP contribution >= 0.6 is 0 Å². The summed E-state index contributed by atoms with van der Waals surface area (Å²) in [4.78, 5) is 0. The standard InChI is InChI=1S/C17H26F2O2/c1-13(2)21-12-17(18,19)11-20-10-14-6-8-15(9-7-14)16(3,4)5/h6-9,13H,10-12H2,1-5H3. The van der Waals surface area contributed by atoms with Gasteiger partial charge in [-0.2, -0.15) is 0 Å². The normalized spacial score (nSPS) is 13.0. The lowest BCUT2D eigenvalue weighted by molar-refractivity contribution is -0.135. The second kappa shape index (κ2) is 7.32. The zero-order valence-electron chi connectivity index (χ0n) is 13.6. The van der Waals surface area contributed by atoms with E-state index in [9.17, 15) is 8.78 Å². The van der Waals surface area contributed by atoms with E-state index in [1.165, 1.54) is 5.56 Å². The van der Waals surface area contributed by atoms with E-state index in [2.05, 4.69) is 20.8 Å². The van der Waals surface area contributed by atoms with Crippen LogP contribution in [0.15, 0.2) is 24.3 Å². The van der Waals surface area contributed by atoms with Crippen LogP contribution in [0, 0.1) is 0 Å². The number of hydrogen-bond acceptors (Lipinski definition) is 2. The van der Waals surface area contributed by atoms with Gasteiger partial charge in [-0.05, 0) is 30.4 Å². The molecule has 0 spiro atoms. The minimum absolute atomic E-state index is 0.0839. The summed E-state index contributed by atoms with van der Waals surface area (Å²) in [5.74, 6) is -2.95. The third-order valence-corrected chi connectivity index (χ3v) is 3.03. The van der Waals surface area contributed by atoms with Gasteiger partial charge in [-0.25, -0.2) is 8.78 Å². The minimum Gasteiger partial charge on any atom is -0.372 e. The quantitative estimate of drug-likeness (QED) is 0.735. The first-order valence-electron chi connectivity index (χ1n) is 7.27. The largest absolute Gasteiger partial charge is 0.372 e. The van der Waals surface area contributed by atoms with E-state index in [0.717, 1.165) is 5.56 Å². The van der Waals surface area contributed by atoms with Crippen molar-refractivity contribution in [3.63, 3.8) is 0 Å². The van der Waals surface area contributed by atoms with Crippen molar-refractivity contribution in [2.24, 2.45) is 0 Å². The molecule has 0 N–H and O–H groups in total. The average Bonchev–Trinajstić information content (AvgIpc) is 2.36. The van der Waals surface area contributed by atoms with Gasteiger partial charge in [0.15, 0.2) is 0 Å². The number of hydrogen-bond donors (Lipinski definition) is 0. The fraction of sp³-hybridized carbons (Fsp3) is 0.647. The average molecular weight is 300 g/mol. The smallest absolute Gasteiger partial charge is 0.293 e. The maximum atomic E-state index is 13.5. The van der Waals surface area contributed by atoms with E-state index in [1.807, 2.05) is 24.3 Å². The number of alkyl halides is 2. The molecule has 2 nitrogen and oxygen atoms in total. The molecule has 1 aromatic carbocycles. The number of halogens is 2. The summed E-state index contributed by atoms with van der Waals surface area (Å²) in [6, 6.07) is 7.87. The third kappa shape index (κ3) is 7.00. The molecule has 21 heavy (non-hydrogen) atoms. The minimum atomic E-state index is -2.95. The molecule has 1 aromatic rings. The Morgan fingerprint density at radius 2 is 1.57 bits per heavy atom. The van der Waals surface area contributed by atoms with Crippen LogP contribution in [0.3, 0.4) is 0 Å². The van der Waals surface area contributed by atoms with Crippen LogP contribution in [0.5, 0.6) is 0 Å². The molecule has 0 heterocycles. The molecule has 0 aliphatic heterocycles. The zero-order valence-corrected chi connectivity index (χ0v) is 13.6. The lowest BCUT2D eigenvalue weighted by Gasteiger charge is -2.20. The molecule has 1 rings (SSSR count). The van der Waals surface area contributed by atoms with E-state index >= 15 is 0 Å². The zero-order chi connectivity index (χ0) is 16.1. The first-order chi connectivity index (χ1) is 9.60. The van der Waals surface area contributed by atoms with Crippen molar-refractivity contribution in [1.82, 2.24) is 0 Å². The molecule has 0 amide bonds. The fourth-order valence-electron chi connectivity index (χ4n) is 1.75. The second-order valence-corrected chi connectivity index (χ2v) is 6.66. The van der Waals surface area contributed by atoms with Gasteiger partial charge in [-0.3, -0.25) is 0 Å². The Hall–Kier alpha value is -1.00. The second-order valence-electron chi connectivity index (χ2n) is 6.66. The maximum Gasteiger partial charge on any atom is 0.293 e. The highest BCUT2D eigenvalue weighted by Crippen LogP contribution is 2.22. The SMILES string of the molecule is CC(C)OCC(F)(F)COCc1ccc(C(C)(C)C)cc1. The Morgan fingerprint density at radius 1 is 1.00 bits per heavy atom. The van der Waals surface area contributed by atoms with Crippen LogP contribution in [-0.4, -0.2) is 25.2 Å². The van der Waals surface area contributed by atoms with Gasteiger partial charge >= 0.3 is 0 Å². The maximum absolute atomic E-state index is 13.5. The number of rotatable bonds is 7. The van der Waals surface area contributed by atoms with Crippen molar-refractivity contribution in [2.75, 3.05) is 13.2 Å². The van der Waals surface area contributed by atoms with Crippen molar-refractivity contribution in [1.29, 1.82) is 0 Å². The Balaban J connectivity index is 2.42. The van der Waals surface area contributed by atoms with Crippen LogP contribution in [0.25, 0.3) is 0 Å². The topological polar surface area (TPSA) is 18.5 Å². The van der Waals surface area contributed by atoms with Crippen LogP contribution in [0.2, 0.25) is 0 Å². The van der Waals surface area contributed by atoms with Gasteiger partial charge in [0, 0.05) is 0 Å². The summed E-state index contributed by atoms with van der Waals surface area (Å²) >= 11 is 0. The van der Waals surface area contributed by atoms with Crippen LogP contribution in [0.1, 0.15) is 45.7 Å². The molecule has 0 aliphatic rings. The van der Waals surface area contributed by atoms with E-state index < -0.39 is 19.1 Å². The van der Waals surface area contributed by atoms with Gasteiger partial charge in [0.2, 0.25) is 0 Å². The summed E-state index contributed by atoms with van der Waals surface area (Å²) in [5, 5.41) is 0. The molecule has 0 radical (unpaired) electrons. The molecule has 4 heteroatoms. The first kappa shape index (κ1) is 18.1. The summed E-state index contributed by atoms with van der Waals surface area (Å²) in [6.45, 7) is 8.81. The predicted molar refractivity (Wildman–Crippen MR) is 80.8 cm³/mol. The summed E-state index contributed by atoms with van der Waals surface area (Å²) in [6.07, 6.45) is -0.208. The van der Waals surface area contributed by atoms with Crippen molar-refractivity contribution in [2.45, 2.75) is 58.7 Å². The molecule has 0 saturated heterocycles. The molecule has 0 saturated carbocycles. The molecule has 0 bridgehead atoms. The highest BCUT2D eigenvalue weighted by molar-refractivity contribution is 5.27. The Bertz CT molecular complexity index is 419. The van der Waals surface area contributed by atoms with Crippen molar-refractivity contribution >= 4 is 0 Å². The summed E-state index contributed by atoms with van der Waals surface area (Å²) in [7, 11) is 0. The van der Waals surface area contributed by atoms with Gasteiger partial charge < -0.3 is 9.47 Å². The molecule has 0 atom stereocenters. The lowest BCUT2D eigenvalue weighted by atomic mass is 9.87. The van der Waals surface area contributed by atoms with Crippen molar-refractivity contribution in [3.8, 4) is 0 Å². The molecule has 0 fully saturated rings. The van der Waals surface area contributed by atoms with E-state index in [0.29, 0.717) is 0 Å². The highest BCUT2D eigenvalue weighted by atomic mass is 19.3. The lowest BCUT2D eigenvalue weighted by Crippen LogP contribution is -2.31.